The molecule has 46 heavy (non-hydrogen) atoms. The lowest BCUT2D eigenvalue weighted by Crippen LogP contribution is -2.49. The number of nitrogens with one attached hydrogen (secondary N) is 3. The van der Waals surface area contributed by atoms with E-state index in [9.17, 15) is 9.59 Å². The molecule has 0 unspecified atom stereocenters. The summed E-state index contributed by atoms with van der Waals surface area (Å²) in [6.07, 6.45) is 8.51. The molecule has 1 aliphatic carbocycles. The predicted molar refractivity (Wildman–Crippen MR) is 190 cm³/mol. The molecule has 2 aromatic heterocycles. The first-order chi connectivity index (χ1) is 21.9. The number of allylic oxidation sites excluding steroid dienone is 3. The number of rotatable bonds is 12. The highest BCUT2D eigenvalue weighted by molar-refractivity contribution is 7.17. The van der Waals surface area contributed by atoms with Crippen molar-refractivity contribution in [2.45, 2.75) is 67.2 Å². The van der Waals surface area contributed by atoms with Gasteiger partial charge in [-0.05, 0) is 56.9 Å². The normalized spacial score (nSPS) is 15.0. The first-order valence-corrected chi connectivity index (χ1v) is 17.3. The Bertz CT molecular complexity index is 1290. The van der Waals surface area contributed by atoms with E-state index in [1.165, 1.54) is 23.1 Å². The molecule has 1 saturated heterocycles. The van der Waals surface area contributed by atoms with E-state index < -0.39 is 0 Å². The van der Waals surface area contributed by atoms with Crippen molar-refractivity contribution < 1.29 is 14.7 Å². The molecule has 0 spiro atoms. The van der Waals surface area contributed by atoms with Crippen LogP contribution in [0.1, 0.15) is 75.8 Å². The second-order valence-corrected chi connectivity index (χ2v) is 13.6. The molecule has 1 fully saturated rings. The number of thiazole rings is 1. The van der Waals surface area contributed by atoms with Crippen LogP contribution < -0.4 is 20.9 Å². The SMILES string of the molecule is CC(C)CCO.CNC1=C(C)CCC=C1Cl.Cc1nc(Nc2ncc(C=O)s2)cc(N2CCN(CC(=O)NCCC(C)C)CC2)n1. The largest absolute Gasteiger partial charge is 0.396 e. The number of amides is 1. The fourth-order valence-electron chi connectivity index (χ4n) is 4.62. The Morgan fingerprint density at radius 3 is 2.33 bits per heavy atom. The van der Waals surface area contributed by atoms with E-state index in [4.69, 9.17) is 16.7 Å². The van der Waals surface area contributed by atoms with Gasteiger partial charge in [0.05, 0.1) is 28.3 Å². The molecule has 1 aliphatic heterocycles. The van der Waals surface area contributed by atoms with Crippen LogP contribution in [0.4, 0.5) is 16.8 Å². The fourth-order valence-corrected chi connectivity index (χ4v) is 5.62. The number of nitrogens with zero attached hydrogens (tertiary/aromatic N) is 5. The van der Waals surface area contributed by atoms with Crippen LogP contribution >= 0.6 is 22.9 Å². The van der Waals surface area contributed by atoms with Crippen LogP contribution in [0, 0.1) is 18.8 Å². The predicted octanol–water partition coefficient (Wildman–Crippen LogP) is 5.50. The Morgan fingerprint density at radius 1 is 1.11 bits per heavy atom. The molecule has 3 heterocycles. The fraction of sp³-hybridized carbons (Fsp3) is 0.606. The molecule has 0 atom stereocenters. The highest BCUT2D eigenvalue weighted by Crippen LogP contribution is 2.25. The van der Waals surface area contributed by atoms with Crippen molar-refractivity contribution in [1.29, 1.82) is 0 Å². The molecule has 11 nitrogen and oxygen atoms in total. The van der Waals surface area contributed by atoms with Gasteiger partial charge >= 0.3 is 0 Å². The zero-order valence-corrected chi connectivity index (χ0v) is 30.1. The third-order valence-electron chi connectivity index (χ3n) is 7.27. The Labute approximate surface area is 283 Å². The van der Waals surface area contributed by atoms with E-state index in [2.05, 4.69) is 81.4 Å². The van der Waals surface area contributed by atoms with E-state index >= 15 is 0 Å². The summed E-state index contributed by atoms with van der Waals surface area (Å²) in [5.74, 6) is 3.48. The third-order valence-corrected chi connectivity index (χ3v) is 8.45. The number of aliphatic hydroxyl groups excluding tert-OH is 1. The molecule has 13 heteroatoms. The minimum absolute atomic E-state index is 0.0895. The Kier molecular flexibility index (Phi) is 17.8. The van der Waals surface area contributed by atoms with Gasteiger partial charge in [-0.15, -0.1) is 0 Å². The second kappa shape index (κ2) is 20.9. The molecule has 0 radical (unpaired) electrons. The first-order valence-electron chi connectivity index (χ1n) is 16.1. The topological polar surface area (TPSA) is 136 Å². The number of carbonyl (C=O) groups excluding carboxylic acids is 2. The summed E-state index contributed by atoms with van der Waals surface area (Å²) in [5.41, 5.74) is 2.46. The summed E-state index contributed by atoms with van der Waals surface area (Å²) < 4.78 is 0. The summed E-state index contributed by atoms with van der Waals surface area (Å²) in [5, 5.41) is 19.0. The number of likely N-dealkylation sites (N-methyl/N-ethyl adjacent to an activating group) is 1. The van der Waals surface area contributed by atoms with E-state index in [1.807, 2.05) is 20.0 Å². The van der Waals surface area contributed by atoms with Gasteiger partial charge in [0.1, 0.15) is 17.5 Å². The van der Waals surface area contributed by atoms with Crippen LogP contribution in [0.5, 0.6) is 0 Å². The van der Waals surface area contributed by atoms with Gasteiger partial charge < -0.3 is 26.0 Å². The summed E-state index contributed by atoms with van der Waals surface area (Å²) in [6, 6.07) is 1.89. The number of aliphatic hydroxyl groups is 1. The standard InChI is InChI=1S/C20H29N7O2S.C8H12ClN.C5H12O/c1-14(2)4-5-21-19(29)12-26-6-8-27(9-7-26)18-10-17(23-15(3)24-18)25-20-22-11-16(13-28)30-20;1-6-4-3-5-7(9)8(6)10-2;1-5(2)3-4-6/h10-11,13-14H,4-9,12H2,1-3H3,(H,21,29)(H,22,23,24,25);5,10H,3-4H2,1-2H3;5-6H,3-4H2,1-2H3. The minimum Gasteiger partial charge on any atom is -0.396 e. The van der Waals surface area contributed by atoms with Crippen LogP contribution in [-0.4, -0.2) is 90.1 Å². The lowest BCUT2D eigenvalue weighted by Gasteiger charge is -2.35. The average Bonchev–Trinajstić information content (AvgIpc) is 3.45. The van der Waals surface area contributed by atoms with Gasteiger partial charge in [-0.2, -0.15) is 0 Å². The molecular formula is C33H53ClN8O3S. The lowest BCUT2D eigenvalue weighted by atomic mass is 10.0. The molecule has 4 rings (SSSR count). The molecule has 2 aliphatic rings. The molecule has 0 saturated carbocycles. The van der Waals surface area contributed by atoms with Crippen molar-refractivity contribution in [3.05, 3.63) is 45.3 Å². The summed E-state index contributed by atoms with van der Waals surface area (Å²) >= 11 is 7.20. The molecule has 1 amide bonds. The van der Waals surface area contributed by atoms with Crippen LogP contribution in [0.25, 0.3) is 0 Å². The van der Waals surface area contributed by atoms with E-state index in [0.29, 0.717) is 46.6 Å². The van der Waals surface area contributed by atoms with Gasteiger partial charge in [0.25, 0.3) is 0 Å². The maximum absolute atomic E-state index is 12.1. The Hall–Kier alpha value is -3.06. The first kappa shape index (κ1) is 39.1. The maximum atomic E-state index is 12.1. The number of aromatic nitrogens is 3. The third kappa shape index (κ3) is 14.6. The lowest BCUT2D eigenvalue weighted by molar-refractivity contribution is -0.122. The Balaban J connectivity index is 0.000000376. The van der Waals surface area contributed by atoms with E-state index in [-0.39, 0.29) is 5.91 Å². The van der Waals surface area contributed by atoms with Crippen molar-refractivity contribution in [1.82, 2.24) is 30.5 Å². The van der Waals surface area contributed by atoms with Crippen molar-refractivity contribution in [3.63, 3.8) is 0 Å². The number of halogens is 1. The number of hydrogen-bond acceptors (Lipinski definition) is 11. The molecule has 0 aromatic carbocycles. The molecule has 0 bridgehead atoms. The maximum Gasteiger partial charge on any atom is 0.234 e. The summed E-state index contributed by atoms with van der Waals surface area (Å²) in [7, 11) is 1.90. The summed E-state index contributed by atoms with van der Waals surface area (Å²) in [4.78, 5) is 41.1. The van der Waals surface area contributed by atoms with Gasteiger partial charge in [0.2, 0.25) is 5.91 Å². The number of aryl methyl sites for hydroxylation is 1. The van der Waals surface area contributed by atoms with Crippen molar-refractivity contribution in [3.8, 4) is 0 Å². The molecule has 4 N–H and O–H groups in total. The van der Waals surface area contributed by atoms with Crippen molar-refractivity contribution in [2.24, 2.45) is 11.8 Å². The van der Waals surface area contributed by atoms with Crippen molar-refractivity contribution >= 4 is 51.9 Å². The number of anilines is 3. The number of carbonyl (C=O) groups is 2. The number of piperazine rings is 1. The van der Waals surface area contributed by atoms with Crippen LogP contribution in [-0.2, 0) is 4.79 Å². The molecular weight excluding hydrogens is 624 g/mol. The van der Waals surface area contributed by atoms with Crippen LogP contribution in [0.15, 0.2) is 34.6 Å². The molecule has 2 aromatic rings. The quantitative estimate of drug-likeness (QED) is 0.213. The summed E-state index contributed by atoms with van der Waals surface area (Å²) in [6.45, 7) is 17.2. The van der Waals surface area contributed by atoms with Gasteiger partial charge in [0, 0.05) is 52.4 Å². The van der Waals surface area contributed by atoms with Crippen LogP contribution in [0.2, 0.25) is 0 Å². The average molecular weight is 677 g/mol. The highest BCUT2D eigenvalue weighted by Gasteiger charge is 2.21. The Morgan fingerprint density at radius 2 is 1.80 bits per heavy atom. The van der Waals surface area contributed by atoms with Crippen LogP contribution in [0.3, 0.4) is 0 Å². The van der Waals surface area contributed by atoms with E-state index in [1.54, 1.807) is 0 Å². The number of hydrogen-bond donors (Lipinski definition) is 4. The number of aldehydes is 1. The zero-order valence-electron chi connectivity index (χ0n) is 28.5. The van der Waals surface area contributed by atoms with E-state index in [0.717, 1.165) is 81.2 Å². The highest BCUT2D eigenvalue weighted by atomic mass is 35.5. The monoisotopic (exact) mass is 676 g/mol. The van der Waals surface area contributed by atoms with Crippen molar-refractivity contribution in [2.75, 3.05) is 63.1 Å². The smallest absolute Gasteiger partial charge is 0.234 e. The van der Waals surface area contributed by atoms with Gasteiger partial charge in [-0.1, -0.05) is 56.7 Å². The second-order valence-electron chi connectivity index (χ2n) is 12.2. The van der Waals surface area contributed by atoms with Gasteiger partial charge in [-0.25, -0.2) is 15.0 Å². The van der Waals surface area contributed by atoms with Gasteiger partial charge in [0.15, 0.2) is 11.4 Å². The molecule has 256 valence electrons. The zero-order chi connectivity index (χ0) is 34.1. The minimum atomic E-state index is 0.0895. The van der Waals surface area contributed by atoms with Gasteiger partial charge in [-0.3, -0.25) is 14.5 Å².